The topological polar surface area (TPSA) is 52.6 Å². The number of carbonyl (C=O) groups excluding carboxylic acids is 1. The number of benzene rings is 1. The van der Waals surface area contributed by atoms with Crippen molar-refractivity contribution in [1.82, 2.24) is 4.90 Å². The summed E-state index contributed by atoms with van der Waals surface area (Å²) in [5.74, 6) is -0.0680. The average Bonchev–Trinajstić information content (AvgIpc) is 2.30. The Morgan fingerprint density at radius 2 is 2.10 bits per heavy atom. The van der Waals surface area contributed by atoms with Gasteiger partial charge in [-0.3, -0.25) is 9.69 Å². The third-order valence-corrected chi connectivity index (χ3v) is 3.38. The molecule has 1 aromatic carbocycles. The number of nitrogens with zero attached hydrogens (tertiary/aromatic N) is 1. The van der Waals surface area contributed by atoms with Gasteiger partial charge in [-0.2, -0.15) is 0 Å². The van der Waals surface area contributed by atoms with Crippen LogP contribution in [0.3, 0.4) is 0 Å². The van der Waals surface area contributed by atoms with E-state index in [0.29, 0.717) is 6.54 Å². The molecule has 0 unspecified atom stereocenters. The summed E-state index contributed by atoms with van der Waals surface area (Å²) < 4.78 is 0.991. The van der Waals surface area contributed by atoms with E-state index in [4.69, 9.17) is 0 Å². The van der Waals surface area contributed by atoms with Crippen LogP contribution in [0, 0.1) is 6.92 Å². The molecule has 0 heterocycles. The second-order valence-corrected chi connectivity index (χ2v) is 6.54. The predicted octanol–water partition coefficient (Wildman–Crippen LogP) is 2.79. The van der Waals surface area contributed by atoms with Gasteiger partial charge in [0.25, 0.3) is 0 Å². The molecule has 0 bridgehead atoms. The molecule has 112 valence electrons. The van der Waals surface area contributed by atoms with Crippen LogP contribution in [0.2, 0.25) is 0 Å². The predicted molar refractivity (Wildman–Crippen MR) is 85.9 cm³/mol. The molecule has 0 radical (unpaired) electrons. The van der Waals surface area contributed by atoms with Crippen molar-refractivity contribution in [3.05, 3.63) is 28.2 Å². The fourth-order valence-electron chi connectivity index (χ4n) is 1.99. The van der Waals surface area contributed by atoms with Gasteiger partial charge in [0, 0.05) is 16.7 Å². The number of likely N-dealkylation sites (N-methyl/N-ethyl adjacent to an activating group) is 1. The second-order valence-electron chi connectivity index (χ2n) is 5.62. The number of aliphatic hydroxyl groups is 1. The zero-order chi connectivity index (χ0) is 15.3. The van der Waals surface area contributed by atoms with Crippen molar-refractivity contribution in [3.8, 4) is 0 Å². The van der Waals surface area contributed by atoms with Gasteiger partial charge in [0.2, 0.25) is 5.91 Å². The van der Waals surface area contributed by atoms with Crippen LogP contribution in [-0.2, 0) is 4.79 Å². The molecule has 0 saturated carbocycles. The molecule has 0 spiro atoms. The highest BCUT2D eigenvalue weighted by molar-refractivity contribution is 9.10. The van der Waals surface area contributed by atoms with Gasteiger partial charge in [-0.1, -0.05) is 22.9 Å². The van der Waals surface area contributed by atoms with Crippen molar-refractivity contribution < 1.29 is 9.90 Å². The molecule has 2 N–H and O–H groups in total. The van der Waals surface area contributed by atoms with E-state index in [0.717, 1.165) is 22.3 Å². The van der Waals surface area contributed by atoms with Crippen LogP contribution in [0.1, 0.15) is 26.3 Å². The minimum Gasteiger partial charge on any atom is -0.389 e. The Morgan fingerprint density at radius 3 is 2.60 bits per heavy atom. The SMILES string of the molecule is CCN(CC(=O)Nc1ccc(Br)cc1C)CC(C)(C)O. The fraction of sp³-hybridized carbons (Fsp3) is 0.533. The highest BCUT2D eigenvalue weighted by Gasteiger charge is 2.19. The summed E-state index contributed by atoms with van der Waals surface area (Å²) in [5.41, 5.74) is 1.03. The van der Waals surface area contributed by atoms with Gasteiger partial charge < -0.3 is 10.4 Å². The number of hydrogen-bond donors (Lipinski definition) is 2. The molecule has 0 atom stereocenters. The highest BCUT2D eigenvalue weighted by Crippen LogP contribution is 2.20. The van der Waals surface area contributed by atoms with Gasteiger partial charge in [-0.25, -0.2) is 0 Å². The number of anilines is 1. The molecule has 20 heavy (non-hydrogen) atoms. The maximum atomic E-state index is 12.1. The van der Waals surface area contributed by atoms with E-state index < -0.39 is 5.60 Å². The van der Waals surface area contributed by atoms with E-state index in [1.54, 1.807) is 13.8 Å². The molecule has 0 aliphatic carbocycles. The largest absolute Gasteiger partial charge is 0.389 e. The third kappa shape index (κ3) is 6.03. The van der Waals surface area contributed by atoms with Crippen molar-refractivity contribution in [2.45, 2.75) is 33.3 Å². The zero-order valence-corrected chi connectivity index (χ0v) is 14.1. The zero-order valence-electron chi connectivity index (χ0n) is 12.5. The van der Waals surface area contributed by atoms with Crippen LogP contribution in [0.5, 0.6) is 0 Å². The standard InChI is InChI=1S/C15H23BrN2O2/c1-5-18(10-15(3,4)20)9-14(19)17-13-7-6-12(16)8-11(13)2/h6-8,20H,5,9-10H2,1-4H3,(H,17,19). The van der Waals surface area contributed by atoms with Crippen LogP contribution < -0.4 is 5.32 Å². The molecule has 0 saturated heterocycles. The minimum atomic E-state index is -0.802. The van der Waals surface area contributed by atoms with Gasteiger partial charge in [0.05, 0.1) is 12.1 Å². The van der Waals surface area contributed by atoms with Crippen molar-refractivity contribution in [1.29, 1.82) is 0 Å². The molecule has 1 amide bonds. The van der Waals surface area contributed by atoms with Crippen LogP contribution in [0.4, 0.5) is 5.69 Å². The van der Waals surface area contributed by atoms with E-state index in [2.05, 4.69) is 21.2 Å². The Hall–Kier alpha value is -0.910. The normalized spacial score (nSPS) is 11.8. The summed E-state index contributed by atoms with van der Waals surface area (Å²) in [6, 6.07) is 5.74. The van der Waals surface area contributed by atoms with Crippen LogP contribution in [-0.4, -0.2) is 41.1 Å². The van der Waals surface area contributed by atoms with Gasteiger partial charge >= 0.3 is 0 Å². The van der Waals surface area contributed by atoms with Gasteiger partial charge in [0.1, 0.15) is 0 Å². The first kappa shape index (κ1) is 17.1. The van der Waals surface area contributed by atoms with Crippen molar-refractivity contribution in [2.75, 3.05) is 25.0 Å². The highest BCUT2D eigenvalue weighted by atomic mass is 79.9. The Bertz CT molecular complexity index is 469. The molecule has 1 aromatic rings. The molecular weight excluding hydrogens is 320 g/mol. The first-order valence-corrected chi connectivity index (χ1v) is 7.51. The average molecular weight is 343 g/mol. The number of amides is 1. The molecular formula is C15H23BrN2O2. The maximum absolute atomic E-state index is 12.1. The lowest BCUT2D eigenvalue weighted by Gasteiger charge is -2.27. The van der Waals surface area contributed by atoms with Crippen LogP contribution in [0.25, 0.3) is 0 Å². The van der Waals surface area contributed by atoms with E-state index in [1.165, 1.54) is 0 Å². The molecule has 0 aliphatic rings. The molecule has 1 rings (SSSR count). The monoisotopic (exact) mass is 342 g/mol. The van der Waals surface area contributed by atoms with Crippen molar-refractivity contribution in [3.63, 3.8) is 0 Å². The lowest BCUT2D eigenvalue weighted by molar-refractivity contribution is -0.117. The Morgan fingerprint density at radius 1 is 1.45 bits per heavy atom. The van der Waals surface area contributed by atoms with Gasteiger partial charge in [-0.15, -0.1) is 0 Å². The van der Waals surface area contributed by atoms with Crippen molar-refractivity contribution in [2.24, 2.45) is 0 Å². The summed E-state index contributed by atoms with van der Waals surface area (Å²) in [4.78, 5) is 14.0. The molecule has 0 aromatic heterocycles. The number of rotatable bonds is 6. The Balaban J connectivity index is 2.62. The second kappa shape index (κ2) is 7.20. The van der Waals surface area contributed by atoms with Crippen LogP contribution in [0.15, 0.2) is 22.7 Å². The molecule has 0 fully saturated rings. The Kier molecular flexibility index (Phi) is 6.17. The molecule has 4 nitrogen and oxygen atoms in total. The summed E-state index contributed by atoms with van der Waals surface area (Å²) in [5, 5.41) is 12.7. The summed E-state index contributed by atoms with van der Waals surface area (Å²) in [6.45, 7) is 8.88. The van der Waals surface area contributed by atoms with Gasteiger partial charge in [-0.05, 0) is 51.1 Å². The summed E-state index contributed by atoms with van der Waals surface area (Å²) in [7, 11) is 0. The first-order valence-electron chi connectivity index (χ1n) is 6.72. The lowest BCUT2D eigenvalue weighted by Crippen LogP contribution is -2.42. The number of halogens is 1. The third-order valence-electron chi connectivity index (χ3n) is 2.89. The lowest BCUT2D eigenvalue weighted by atomic mass is 10.1. The minimum absolute atomic E-state index is 0.0680. The van der Waals surface area contributed by atoms with E-state index in [9.17, 15) is 9.90 Å². The van der Waals surface area contributed by atoms with E-state index >= 15 is 0 Å². The smallest absolute Gasteiger partial charge is 0.238 e. The molecule has 0 aliphatic heterocycles. The van der Waals surface area contributed by atoms with Gasteiger partial charge in [0.15, 0.2) is 0 Å². The number of nitrogens with one attached hydrogen (secondary N) is 1. The summed E-state index contributed by atoms with van der Waals surface area (Å²) in [6.07, 6.45) is 0. The summed E-state index contributed by atoms with van der Waals surface area (Å²) >= 11 is 3.40. The quantitative estimate of drug-likeness (QED) is 0.835. The first-order chi connectivity index (χ1) is 9.21. The Labute approximate surface area is 129 Å². The van der Waals surface area contributed by atoms with Crippen LogP contribution >= 0.6 is 15.9 Å². The number of carbonyl (C=O) groups is 1. The van der Waals surface area contributed by atoms with E-state index in [1.807, 2.05) is 36.9 Å². The van der Waals surface area contributed by atoms with Crippen molar-refractivity contribution >= 4 is 27.5 Å². The molecule has 5 heteroatoms. The maximum Gasteiger partial charge on any atom is 0.238 e. The number of aryl methyl sites for hydroxylation is 1. The van der Waals surface area contributed by atoms with E-state index in [-0.39, 0.29) is 12.5 Å². The number of hydrogen-bond acceptors (Lipinski definition) is 3. The fourth-order valence-corrected chi connectivity index (χ4v) is 2.46.